The third-order valence-corrected chi connectivity index (χ3v) is 0. The lowest BCUT2D eigenvalue weighted by atomic mass is 11.2. The van der Waals surface area contributed by atoms with Crippen molar-refractivity contribution in [2.24, 2.45) is 0 Å². The molecule has 0 radical (unpaired) electrons. The SMILES string of the molecule is C=CF.Cl.Cl.Cl. The first-order chi connectivity index (χ1) is 1.41. The second-order valence-electron chi connectivity index (χ2n) is 0.154. The minimum absolute atomic E-state index is 0. The molecule has 0 bridgehead atoms. The van der Waals surface area contributed by atoms with Gasteiger partial charge in [-0.25, -0.2) is 4.39 Å². The summed E-state index contributed by atoms with van der Waals surface area (Å²) in [4.78, 5) is 0. The lowest BCUT2D eigenvalue weighted by Crippen LogP contribution is -0.990. The summed E-state index contributed by atoms with van der Waals surface area (Å²) in [5.41, 5.74) is 0. The van der Waals surface area contributed by atoms with Crippen molar-refractivity contribution in [1.29, 1.82) is 0 Å². The van der Waals surface area contributed by atoms with E-state index in [1.807, 2.05) is 0 Å². The van der Waals surface area contributed by atoms with Gasteiger partial charge in [0.15, 0.2) is 0 Å². The molecule has 0 saturated heterocycles. The van der Waals surface area contributed by atoms with E-state index in [-0.39, 0.29) is 43.6 Å². The minimum Gasteiger partial charge on any atom is -0.216 e. The summed E-state index contributed by atoms with van der Waals surface area (Å²) in [6.07, 6.45) is 0.250. The van der Waals surface area contributed by atoms with Crippen LogP contribution >= 0.6 is 37.2 Å². The van der Waals surface area contributed by atoms with Gasteiger partial charge in [-0.3, -0.25) is 0 Å². The zero-order chi connectivity index (χ0) is 2.71. The maximum absolute atomic E-state index is 10.1. The van der Waals surface area contributed by atoms with Crippen LogP contribution in [0.2, 0.25) is 0 Å². The van der Waals surface area contributed by atoms with Crippen molar-refractivity contribution in [1.82, 2.24) is 0 Å². The topological polar surface area (TPSA) is 0 Å². The summed E-state index contributed by atoms with van der Waals surface area (Å²) in [5.74, 6) is 0. The molecule has 0 aliphatic carbocycles. The predicted octanol–water partition coefficient (Wildman–Crippen LogP) is 2.36. The molecule has 0 spiro atoms. The molecular formula is C2H6Cl3F. The van der Waals surface area contributed by atoms with Gasteiger partial charge in [-0.2, -0.15) is 0 Å². The van der Waals surface area contributed by atoms with E-state index >= 15 is 0 Å². The molecule has 0 rings (SSSR count). The first kappa shape index (κ1) is 31.1. The van der Waals surface area contributed by atoms with Crippen LogP contribution < -0.4 is 0 Å². The van der Waals surface area contributed by atoms with E-state index in [4.69, 9.17) is 0 Å². The zero-order valence-corrected chi connectivity index (χ0v) is 5.34. The van der Waals surface area contributed by atoms with Crippen molar-refractivity contribution >= 4 is 37.2 Å². The van der Waals surface area contributed by atoms with Crippen molar-refractivity contribution in [3.63, 3.8) is 0 Å². The van der Waals surface area contributed by atoms with Crippen LogP contribution in [-0.4, -0.2) is 0 Å². The maximum Gasteiger partial charge on any atom is 0.0795 e. The highest BCUT2D eigenvalue weighted by Crippen LogP contribution is 1.48. The highest BCUT2D eigenvalue weighted by atomic mass is 35.5. The predicted molar refractivity (Wildman–Crippen MR) is 33.0 cm³/mol. The van der Waals surface area contributed by atoms with Gasteiger partial charge in [0, 0.05) is 0 Å². The largest absolute Gasteiger partial charge is 0.216 e. The van der Waals surface area contributed by atoms with Gasteiger partial charge < -0.3 is 0 Å². The van der Waals surface area contributed by atoms with Crippen LogP contribution in [-0.2, 0) is 0 Å². The lowest BCUT2D eigenvalue weighted by Gasteiger charge is -1.28. The van der Waals surface area contributed by atoms with Crippen LogP contribution in [0, 0.1) is 0 Å². The number of halogens is 4. The summed E-state index contributed by atoms with van der Waals surface area (Å²) in [6.45, 7) is 2.69. The molecule has 0 atom stereocenters. The fourth-order valence-electron chi connectivity index (χ4n) is 0. The summed E-state index contributed by atoms with van der Waals surface area (Å²) < 4.78 is 10.1. The fourth-order valence-corrected chi connectivity index (χ4v) is 0. The van der Waals surface area contributed by atoms with Crippen molar-refractivity contribution in [3.05, 3.63) is 12.9 Å². The Bertz CT molecular complexity index is 16.3. The molecule has 0 nitrogen and oxygen atoms in total. The Morgan fingerprint density at radius 1 is 1.17 bits per heavy atom. The van der Waals surface area contributed by atoms with Crippen LogP contribution in [0.3, 0.4) is 0 Å². The Labute approximate surface area is 55.0 Å². The molecule has 0 aromatic heterocycles. The van der Waals surface area contributed by atoms with E-state index in [2.05, 4.69) is 6.58 Å². The molecule has 0 aliphatic rings. The molecule has 0 fully saturated rings. The second kappa shape index (κ2) is 48.1. The van der Waals surface area contributed by atoms with E-state index < -0.39 is 0 Å². The molecule has 0 N–H and O–H groups in total. The Balaban J connectivity index is -0.00000000667. The summed E-state index contributed by atoms with van der Waals surface area (Å²) in [7, 11) is 0. The van der Waals surface area contributed by atoms with Crippen molar-refractivity contribution < 1.29 is 4.39 Å². The van der Waals surface area contributed by atoms with Gasteiger partial charge in [0.05, 0.1) is 6.33 Å². The molecule has 0 amide bonds. The van der Waals surface area contributed by atoms with Gasteiger partial charge in [-0.15, -0.1) is 37.2 Å². The van der Waals surface area contributed by atoms with Crippen molar-refractivity contribution in [3.8, 4) is 0 Å². The average molecular weight is 155 g/mol. The Kier molecular flexibility index (Phi) is 250. The normalized spacial score (nSPS) is 2.17. The third-order valence-electron chi connectivity index (χ3n) is 0. The molecule has 0 aliphatic heterocycles. The standard InChI is InChI=1S/C2H3F.3ClH/c1-2-3;;;/h2H,1H2;3*1H. The van der Waals surface area contributed by atoms with E-state index in [0.29, 0.717) is 0 Å². The molecule has 0 heterocycles. The van der Waals surface area contributed by atoms with Crippen LogP contribution in [0.1, 0.15) is 0 Å². The zero-order valence-electron chi connectivity index (χ0n) is 2.89. The van der Waals surface area contributed by atoms with E-state index in [9.17, 15) is 4.39 Å². The van der Waals surface area contributed by atoms with E-state index in [0.717, 1.165) is 0 Å². The first-order valence-corrected chi connectivity index (χ1v) is 0.626. The van der Waals surface area contributed by atoms with Crippen LogP contribution in [0.4, 0.5) is 4.39 Å². The second-order valence-corrected chi connectivity index (χ2v) is 0.154. The molecule has 6 heavy (non-hydrogen) atoms. The van der Waals surface area contributed by atoms with Gasteiger partial charge in [-0.05, 0) is 0 Å². The summed E-state index contributed by atoms with van der Waals surface area (Å²) in [5, 5.41) is 0. The van der Waals surface area contributed by atoms with Crippen molar-refractivity contribution in [2.45, 2.75) is 0 Å². The molecular weight excluding hydrogens is 149 g/mol. The third kappa shape index (κ3) is 195. The van der Waals surface area contributed by atoms with Gasteiger partial charge in [0.1, 0.15) is 0 Å². The molecule has 0 unspecified atom stereocenters. The monoisotopic (exact) mass is 154 g/mol. The van der Waals surface area contributed by atoms with Gasteiger partial charge in [-0.1, -0.05) is 6.58 Å². The van der Waals surface area contributed by atoms with Gasteiger partial charge in [0.25, 0.3) is 0 Å². The lowest BCUT2D eigenvalue weighted by molar-refractivity contribution is 0.725. The number of hydrogen-bond donors (Lipinski definition) is 0. The van der Waals surface area contributed by atoms with Crippen molar-refractivity contribution in [2.75, 3.05) is 0 Å². The molecule has 0 saturated carbocycles. The minimum atomic E-state index is 0. The van der Waals surface area contributed by atoms with E-state index in [1.54, 1.807) is 0 Å². The summed E-state index contributed by atoms with van der Waals surface area (Å²) in [6, 6.07) is 0. The highest BCUT2D eigenvalue weighted by Gasteiger charge is 1.19. The first-order valence-electron chi connectivity index (χ1n) is 0.626. The Morgan fingerprint density at radius 3 is 1.17 bits per heavy atom. The number of rotatable bonds is 0. The Morgan fingerprint density at radius 2 is 1.17 bits per heavy atom. The van der Waals surface area contributed by atoms with Crippen LogP contribution in [0.25, 0.3) is 0 Å². The van der Waals surface area contributed by atoms with Gasteiger partial charge in [0.2, 0.25) is 0 Å². The molecule has 0 aromatic rings. The highest BCUT2D eigenvalue weighted by molar-refractivity contribution is 5.86. The van der Waals surface area contributed by atoms with E-state index in [1.165, 1.54) is 0 Å². The molecule has 4 heteroatoms. The maximum atomic E-state index is 10.1. The molecule has 0 aromatic carbocycles. The summed E-state index contributed by atoms with van der Waals surface area (Å²) >= 11 is 0. The fraction of sp³-hybridized carbons (Fsp3) is 0. The average Bonchev–Trinajstić information content (AvgIpc) is 0.918. The van der Waals surface area contributed by atoms with Crippen LogP contribution in [0.15, 0.2) is 12.9 Å². The number of hydrogen-bond acceptors (Lipinski definition) is 0. The van der Waals surface area contributed by atoms with Crippen LogP contribution in [0.5, 0.6) is 0 Å². The quantitative estimate of drug-likeness (QED) is 0.504. The Hall–Kier alpha value is 0.540. The molecule has 42 valence electrons. The smallest absolute Gasteiger partial charge is 0.0795 e. The van der Waals surface area contributed by atoms with Gasteiger partial charge >= 0.3 is 0 Å².